The fraction of sp³-hybridized carbons (Fsp3) is 0.714. The molecule has 0 saturated heterocycles. The number of aliphatic carboxylic acids is 1. The van der Waals surface area contributed by atoms with Crippen molar-refractivity contribution in [3.05, 3.63) is 23.8 Å². The normalized spacial score (nSPS) is 14.9. The van der Waals surface area contributed by atoms with E-state index >= 15 is 0 Å². The molecule has 0 bridgehead atoms. The molecule has 2 aromatic heterocycles. The van der Waals surface area contributed by atoms with Gasteiger partial charge in [-0.05, 0) is 59.0 Å². The number of aryl methyl sites for hydroxylation is 2. The lowest BCUT2D eigenvalue weighted by Gasteiger charge is -2.25. The number of nitrogens with two attached hydrogens (primary N) is 2. The third-order valence-corrected chi connectivity index (χ3v) is 12.9. The van der Waals surface area contributed by atoms with Crippen LogP contribution in [0.5, 0.6) is 0 Å². The van der Waals surface area contributed by atoms with Crippen LogP contribution in [0.15, 0.2) is 12.4 Å². The van der Waals surface area contributed by atoms with Crippen LogP contribution < -0.4 is 32.7 Å². The first kappa shape index (κ1) is 62.0. The first-order valence-corrected chi connectivity index (χ1v) is 27.0. The van der Waals surface area contributed by atoms with E-state index in [1.165, 1.54) is 37.8 Å². The molecule has 2 aromatic rings. The maximum absolute atomic E-state index is 14.2. The molecule has 27 nitrogen and oxygen atoms in total. The Morgan fingerprint density at radius 1 is 0.577 bits per heavy atom. The average Bonchev–Trinajstić information content (AvgIpc) is 3.94. The Morgan fingerprint density at radius 3 is 1.55 bits per heavy atom. The Bertz CT molecular complexity index is 2210. The molecule has 71 heavy (non-hydrogen) atoms. The summed E-state index contributed by atoms with van der Waals surface area (Å²) in [5.41, 5.74) is 11.7. The van der Waals surface area contributed by atoms with Gasteiger partial charge in [0.25, 0.3) is 0 Å². The molecule has 4 amide bonds. The molecule has 0 aliphatic carbocycles. The van der Waals surface area contributed by atoms with E-state index in [9.17, 15) is 72.2 Å². The van der Waals surface area contributed by atoms with Gasteiger partial charge in [-0.1, -0.05) is 37.6 Å². The second-order valence-corrected chi connectivity index (χ2v) is 21.6. The van der Waals surface area contributed by atoms with Crippen LogP contribution in [0.2, 0.25) is 0 Å². The fourth-order valence-electron chi connectivity index (χ4n) is 6.98. The molecule has 0 aliphatic rings. The molecule has 0 fully saturated rings. The van der Waals surface area contributed by atoms with E-state index in [2.05, 4.69) is 41.9 Å². The molecule has 400 valence electrons. The Balaban J connectivity index is 2.42. The smallest absolute Gasteiger partial charge is 0.327 e. The van der Waals surface area contributed by atoms with Gasteiger partial charge >= 0.3 is 21.2 Å². The van der Waals surface area contributed by atoms with E-state index < -0.39 is 142 Å². The highest BCUT2D eigenvalue weighted by molar-refractivity contribution is 7.52. The zero-order valence-corrected chi connectivity index (χ0v) is 42.6. The van der Waals surface area contributed by atoms with E-state index in [4.69, 9.17) is 11.5 Å². The van der Waals surface area contributed by atoms with Gasteiger partial charge in [-0.25, -0.2) is 0 Å². The second kappa shape index (κ2) is 30.0. The molecule has 29 heteroatoms. The van der Waals surface area contributed by atoms with Gasteiger partial charge in [0, 0.05) is 62.3 Å². The molecule has 0 radical (unpaired) electrons. The van der Waals surface area contributed by atoms with Crippen LogP contribution in [0, 0.1) is 23.7 Å². The SMILES string of the molecule is CC(C)C(=O)N[C@@H](CCCCN)C(=O)C[C@@H](Cc1cn(CCP(=O)(O)O)nn1)C(=O)N[C@@H](C)C(=O)C[C@@H](CCCCN)C(=O)N[C@@H](Cc1cn(CCP(=O)(O)O)nn1)C(=O)C[C@@H](C)C(=O)N[C@@H](C)C(=O)O. The molecule has 2 rings (SSSR count). The van der Waals surface area contributed by atoms with Crippen LogP contribution in [0.4, 0.5) is 0 Å². The first-order chi connectivity index (χ1) is 33.1. The fourth-order valence-corrected chi connectivity index (χ4v) is 7.91. The van der Waals surface area contributed by atoms with Crippen LogP contribution in [-0.4, -0.2) is 151 Å². The van der Waals surface area contributed by atoms with E-state index in [1.54, 1.807) is 13.8 Å². The number of carbonyl (C=O) groups is 8. The van der Waals surface area contributed by atoms with Crippen molar-refractivity contribution >= 4 is 62.1 Å². The van der Waals surface area contributed by atoms with Gasteiger partial charge in [0.2, 0.25) is 23.6 Å². The van der Waals surface area contributed by atoms with Gasteiger partial charge in [0.15, 0.2) is 17.3 Å². The minimum absolute atomic E-state index is 0.100. The summed E-state index contributed by atoms with van der Waals surface area (Å²) in [4.78, 5) is 144. The molecule has 0 unspecified atom stereocenters. The summed E-state index contributed by atoms with van der Waals surface area (Å²) in [6.07, 6.45) is 1.92. The lowest BCUT2D eigenvalue weighted by Crippen LogP contribution is -2.48. The van der Waals surface area contributed by atoms with E-state index in [0.29, 0.717) is 32.2 Å². The maximum atomic E-state index is 14.2. The Labute approximate surface area is 411 Å². The topological polar surface area (TPSA) is 433 Å². The van der Waals surface area contributed by atoms with E-state index in [-0.39, 0.29) is 56.7 Å². The summed E-state index contributed by atoms with van der Waals surface area (Å²) in [5.74, 6) is -9.56. The highest BCUT2D eigenvalue weighted by atomic mass is 31.2. The van der Waals surface area contributed by atoms with Crippen molar-refractivity contribution in [2.45, 2.75) is 143 Å². The monoisotopic (exact) mass is 1050 g/mol. The number of carbonyl (C=O) groups excluding carboxylic acids is 7. The lowest BCUT2D eigenvalue weighted by atomic mass is 9.90. The van der Waals surface area contributed by atoms with Crippen LogP contribution >= 0.6 is 15.2 Å². The molecule has 0 spiro atoms. The number of aromatic nitrogens is 6. The molecule has 2 heterocycles. The number of hydrogen-bond acceptors (Lipinski definition) is 16. The number of ketones is 3. The van der Waals surface area contributed by atoms with Gasteiger partial charge in [0.05, 0.1) is 60.8 Å². The van der Waals surface area contributed by atoms with Crippen LogP contribution in [0.25, 0.3) is 0 Å². The van der Waals surface area contributed by atoms with Crippen molar-refractivity contribution < 1.29 is 72.2 Å². The molecular formula is C42H72N12O15P2. The quantitative estimate of drug-likeness (QED) is 0.0280. The van der Waals surface area contributed by atoms with Crippen LogP contribution in [0.1, 0.15) is 104 Å². The number of nitrogens with zero attached hydrogens (tertiary/aromatic N) is 6. The van der Waals surface area contributed by atoms with E-state index in [1.807, 2.05) is 0 Å². The Kier molecular flexibility index (Phi) is 26.2. The van der Waals surface area contributed by atoms with Gasteiger partial charge in [0.1, 0.15) is 6.04 Å². The highest BCUT2D eigenvalue weighted by Crippen LogP contribution is 2.34. The minimum atomic E-state index is -4.41. The van der Waals surface area contributed by atoms with Gasteiger partial charge in [-0.15, -0.1) is 10.2 Å². The minimum Gasteiger partial charge on any atom is -0.480 e. The molecule has 0 aromatic carbocycles. The number of amides is 4. The zero-order chi connectivity index (χ0) is 53.6. The van der Waals surface area contributed by atoms with Crippen molar-refractivity contribution in [2.24, 2.45) is 35.1 Å². The maximum Gasteiger partial charge on any atom is 0.327 e. The number of nitrogens with one attached hydrogen (secondary N) is 4. The number of hydrogen-bond donors (Lipinski definition) is 11. The highest BCUT2D eigenvalue weighted by Gasteiger charge is 2.34. The predicted molar refractivity (Wildman–Crippen MR) is 254 cm³/mol. The van der Waals surface area contributed by atoms with Gasteiger partial charge < -0.3 is 57.4 Å². The van der Waals surface area contributed by atoms with Crippen molar-refractivity contribution in [1.82, 2.24) is 51.3 Å². The number of carboxylic acid groups (broad SMARTS) is 1. The van der Waals surface area contributed by atoms with Crippen molar-refractivity contribution in [1.29, 1.82) is 0 Å². The molecule has 13 N–H and O–H groups in total. The van der Waals surface area contributed by atoms with Crippen molar-refractivity contribution in [2.75, 3.05) is 25.4 Å². The van der Waals surface area contributed by atoms with Crippen LogP contribution in [-0.2, 0) is 73.4 Å². The summed E-state index contributed by atoms with van der Waals surface area (Å²) in [5, 5.41) is 35.3. The predicted octanol–water partition coefficient (Wildman–Crippen LogP) is -1.27. The number of Topliss-reactive ketones (excluding diaryl/α,β-unsaturated/α-hetero) is 3. The number of carboxylic acids is 1. The lowest BCUT2D eigenvalue weighted by molar-refractivity contribution is -0.142. The van der Waals surface area contributed by atoms with Gasteiger partial charge in [-0.2, -0.15) is 0 Å². The first-order valence-electron chi connectivity index (χ1n) is 23.4. The summed E-state index contributed by atoms with van der Waals surface area (Å²) >= 11 is 0. The largest absolute Gasteiger partial charge is 0.480 e. The van der Waals surface area contributed by atoms with Crippen molar-refractivity contribution in [3.8, 4) is 0 Å². The molecule has 0 saturated carbocycles. The molecule has 7 atom stereocenters. The zero-order valence-electron chi connectivity index (χ0n) is 40.8. The average molecular weight is 1050 g/mol. The van der Waals surface area contributed by atoms with Crippen LogP contribution in [0.3, 0.4) is 0 Å². The Morgan fingerprint density at radius 2 is 1.04 bits per heavy atom. The third kappa shape index (κ3) is 24.2. The molecular weight excluding hydrogens is 974 g/mol. The Hall–Kier alpha value is -5.14. The van der Waals surface area contributed by atoms with E-state index in [0.717, 1.165) is 4.68 Å². The second-order valence-electron chi connectivity index (χ2n) is 18.1. The summed E-state index contributed by atoms with van der Waals surface area (Å²) in [7, 11) is -8.81. The van der Waals surface area contributed by atoms with Crippen molar-refractivity contribution in [3.63, 3.8) is 0 Å². The molecule has 0 aliphatic heterocycles. The summed E-state index contributed by atoms with van der Waals surface area (Å²) in [6, 6.07) is -4.88. The van der Waals surface area contributed by atoms with Gasteiger partial charge in [-0.3, -0.25) is 56.8 Å². The third-order valence-electron chi connectivity index (χ3n) is 11.3. The number of rotatable bonds is 36. The summed E-state index contributed by atoms with van der Waals surface area (Å²) < 4.78 is 25.2. The summed E-state index contributed by atoms with van der Waals surface area (Å²) in [6.45, 7) is 7.47. The number of unbranched alkanes of at least 4 members (excludes halogenated alkanes) is 2. The standard InChI is InChI=1S/C42H72N12O15P2/c1-25(2)38(58)47-33(11-7-9-13-44)37(57)21-30(19-31-23-53(51-49-31)14-16-70(64,65)66)41(61)45-27(4)35(55)20-29(10-6-8-12-43)40(60)48-34(22-32-24-54(52-50-32)15-17-71(67,68)69)36(56)18-26(3)39(59)46-28(5)42(62)63/h23-30,33-34H,6-22,43-44H2,1-5H3,(H,45,61)(H,46,59)(H,47,58)(H,48,60)(H,62,63)(H2,64,65,66)(H2,67,68,69)/t26-,27+,28+,29-,30-,33+,34+/m1/s1.